The Labute approximate surface area is 80.8 Å². The van der Waals surface area contributed by atoms with Crippen molar-refractivity contribution in [2.24, 2.45) is 0 Å². The molecule has 1 heterocycles. The van der Waals surface area contributed by atoms with E-state index in [4.69, 9.17) is 0 Å². The van der Waals surface area contributed by atoms with Crippen LogP contribution in [0.15, 0.2) is 0 Å². The Morgan fingerprint density at radius 1 is 1.21 bits per heavy atom. The summed E-state index contributed by atoms with van der Waals surface area (Å²) in [7, 11) is -1.35. The van der Waals surface area contributed by atoms with Gasteiger partial charge in [0.25, 0.3) is 9.84 Å². The molecular weight excluding hydrogens is 219 g/mol. The highest BCUT2D eigenvalue weighted by molar-refractivity contribution is 7.92. The molecule has 84 valence electrons. The zero-order valence-electron chi connectivity index (χ0n) is 7.47. The highest BCUT2D eigenvalue weighted by Gasteiger charge is 2.51. The molecule has 0 amide bonds. The van der Waals surface area contributed by atoms with Crippen molar-refractivity contribution in [2.45, 2.75) is 23.6 Å². The monoisotopic (exact) mass is 231 g/mol. The summed E-state index contributed by atoms with van der Waals surface area (Å²) >= 11 is 0. The van der Waals surface area contributed by atoms with Crippen LogP contribution in [0.1, 0.15) is 12.8 Å². The minimum absolute atomic E-state index is 0.0423. The summed E-state index contributed by atoms with van der Waals surface area (Å²) in [6, 6.07) is 0. The van der Waals surface area contributed by atoms with Crippen molar-refractivity contribution in [1.82, 2.24) is 0 Å². The Kier molecular flexibility index (Phi) is 3.10. The molecule has 0 aromatic heterocycles. The van der Waals surface area contributed by atoms with Gasteiger partial charge in [-0.3, -0.25) is 0 Å². The van der Waals surface area contributed by atoms with E-state index >= 15 is 0 Å². The average molecular weight is 231 g/mol. The van der Waals surface area contributed by atoms with Crippen molar-refractivity contribution in [1.29, 1.82) is 0 Å². The number of alkyl halides is 3. The smallest absolute Gasteiger partial charge is 0.468 e. The SMILES string of the molecule is [CH2-][NH+]1CCC(S(=O)(=O)C(F)(F)F)CC1. The molecule has 0 aliphatic carbocycles. The van der Waals surface area contributed by atoms with Crippen molar-refractivity contribution in [3.8, 4) is 0 Å². The maximum Gasteiger partial charge on any atom is 0.497 e. The fraction of sp³-hybridized carbons (Fsp3) is 0.857. The number of hydrogen-bond acceptors (Lipinski definition) is 2. The number of halogens is 3. The van der Waals surface area contributed by atoms with Crippen LogP contribution in [0.25, 0.3) is 0 Å². The van der Waals surface area contributed by atoms with Gasteiger partial charge in [-0.1, -0.05) is 0 Å². The third-order valence-electron chi connectivity index (χ3n) is 2.40. The van der Waals surface area contributed by atoms with E-state index in [0.717, 1.165) is 4.90 Å². The Morgan fingerprint density at radius 2 is 1.64 bits per heavy atom. The van der Waals surface area contributed by atoms with E-state index in [-0.39, 0.29) is 12.8 Å². The van der Waals surface area contributed by atoms with E-state index in [0.29, 0.717) is 13.1 Å². The van der Waals surface area contributed by atoms with Crippen molar-refractivity contribution in [2.75, 3.05) is 13.1 Å². The number of nitrogens with one attached hydrogen (secondary N) is 1. The topological polar surface area (TPSA) is 38.6 Å². The van der Waals surface area contributed by atoms with Crippen molar-refractivity contribution in [3.05, 3.63) is 7.05 Å². The Morgan fingerprint density at radius 3 is 2.00 bits per heavy atom. The molecule has 7 heteroatoms. The van der Waals surface area contributed by atoms with Crippen LogP contribution in [0.4, 0.5) is 13.2 Å². The van der Waals surface area contributed by atoms with Gasteiger partial charge in [0.2, 0.25) is 0 Å². The molecule has 0 radical (unpaired) electrons. The standard InChI is InChI=1S/C7H12F3NO2S/c1-11-4-2-6(3-5-11)14(12,13)7(8,9)10/h6,11H,1-5H2. The quantitative estimate of drug-likeness (QED) is 0.633. The summed E-state index contributed by atoms with van der Waals surface area (Å²) < 4.78 is 58.2. The van der Waals surface area contributed by atoms with E-state index in [1.54, 1.807) is 0 Å². The van der Waals surface area contributed by atoms with E-state index in [9.17, 15) is 21.6 Å². The van der Waals surface area contributed by atoms with Gasteiger partial charge < -0.3 is 4.90 Å². The third kappa shape index (κ3) is 2.20. The number of sulfone groups is 1. The van der Waals surface area contributed by atoms with Crippen LogP contribution in [-0.4, -0.2) is 32.3 Å². The molecule has 0 bridgehead atoms. The van der Waals surface area contributed by atoms with Crippen LogP contribution >= 0.6 is 0 Å². The van der Waals surface area contributed by atoms with Crippen molar-refractivity contribution in [3.63, 3.8) is 0 Å². The molecular formula is C7H12F3NO2S. The Bertz CT molecular complexity index is 291. The molecule has 14 heavy (non-hydrogen) atoms. The zero-order chi connectivity index (χ0) is 11.0. The molecule has 1 rings (SSSR count). The van der Waals surface area contributed by atoms with Gasteiger partial charge in [0.05, 0.1) is 18.3 Å². The second kappa shape index (κ2) is 3.69. The second-order valence-electron chi connectivity index (χ2n) is 3.44. The number of hydrogen-bond donors (Lipinski definition) is 1. The molecule has 0 saturated carbocycles. The first kappa shape index (κ1) is 11.8. The highest BCUT2D eigenvalue weighted by atomic mass is 32.2. The van der Waals surface area contributed by atoms with Crippen molar-refractivity contribution >= 4 is 9.84 Å². The van der Waals surface area contributed by atoms with Crippen LogP contribution in [-0.2, 0) is 9.84 Å². The van der Waals surface area contributed by atoms with Gasteiger partial charge in [-0.25, -0.2) is 8.42 Å². The summed E-state index contributed by atoms with van der Waals surface area (Å²) in [6.45, 7) is 0.750. The molecule has 0 aromatic rings. The lowest BCUT2D eigenvalue weighted by atomic mass is 10.1. The normalized spacial score (nSPS) is 30.3. The average Bonchev–Trinajstić information content (AvgIpc) is 2.03. The molecule has 0 unspecified atom stereocenters. The van der Waals surface area contributed by atoms with Crippen molar-refractivity contribution < 1.29 is 26.5 Å². The summed E-state index contributed by atoms with van der Waals surface area (Å²) in [5, 5.41) is -1.27. The molecule has 0 atom stereocenters. The largest absolute Gasteiger partial charge is 0.497 e. The first-order valence-electron chi connectivity index (χ1n) is 4.22. The third-order valence-corrected chi connectivity index (χ3v) is 4.40. The maximum absolute atomic E-state index is 12.1. The van der Waals surface area contributed by atoms with Crippen LogP contribution < -0.4 is 4.90 Å². The van der Waals surface area contributed by atoms with Gasteiger partial charge in [-0.2, -0.15) is 20.2 Å². The zero-order valence-corrected chi connectivity index (χ0v) is 8.29. The lowest BCUT2D eigenvalue weighted by Crippen LogP contribution is -3.08. The summed E-state index contributed by atoms with van der Waals surface area (Å²) in [6.07, 6.45) is 0.0847. The number of likely N-dealkylation sites (tertiary alicyclic amines) is 1. The lowest BCUT2D eigenvalue weighted by molar-refractivity contribution is -0.858. The van der Waals surface area contributed by atoms with Gasteiger partial charge in [0.1, 0.15) is 0 Å². The van der Waals surface area contributed by atoms with E-state index in [1.165, 1.54) is 0 Å². The predicted octanol–water partition coefficient (Wildman–Crippen LogP) is -0.240. The predicted molar refractivity (Wildman–Crippen MR) is 44.1 cm³/mol. The van der Waals surface area contributed by atoms with E-state index in [1.807, 2.05) is 0 Å². The first-order valence-corrected chi connectivity index (χ1v) is 5.76. The summed E-state index contributed by atoms with van der Waals surface area (Å²) in [4.78, 5) is 0.832. The van der Waals surface area contributed by atoms with Gasteiger partial charge in [0.15, 0.2) is 0 Å². The number of rotatable bonds is 1. The maximum atomic E-state index is 12.1. The van der Waals surface area contributed by atoms with E-state index < -0.39 is 20.6 Å². The molecule has 1 aliphatic heterocycles. The van der Waals surface area contributed by atoms with Gasteiger partial charge in [0, 0.05) is 12.8 Å². The molecule has 0 aromatic carbocycles. The van der Waals surface area contributed by atoms with Crippen LogP contribution in [0.5, 0.6) is 0 Å². The van der Waals surface area contributed by atoms with Gasteiger partial charge in [-0.05, 0) is 0 Å². The fourth-order valence-electron chi connectivity index (χ4n) is 1.50. The summed E-state index contributed by atoms with van der Waals surface area (Å²) in [5.41, 5.74) is -5.11. The Balaban J connectivity index is 2.76. The lowest BCUT2D eigenvalue weighted by Gasteiger charge is -2.30. The van der Waals surface area contributed by atoms with Gasteiger partial charge >= 0.3 is 5.51 Å². The highest BCUT2D eigenvalue weighted by Crippen LogP contribution is 2.30. The molecule has 1 N–H and O–H groups in total. The fourth-order valence-corrected chi connectivity index (χ4v) is 2.73. The van der Waals surface area contributed by atoms with Crippen LogP contribution in [0.3, 0.4) is 0 Å². The molecule has 3 nitrogen and oxygen atoms in total. The van der Waals surface area contributed by atoms with Gasteiger partial charge in [-0.15, -0.1) is 0 Å². The first-order chi connectivity index (χ1) is 6.25. The summed E-state index contributed by atoms with van der Waals surface area (Å²) in [5.74, 6) is 0. The minimum Gasteiger partial charge on any atom is -0.468 e. The Hall–Kier alpha value is -0.300. The second-order valence-corrected chi connectivity index (χ2v) is 5.66. The van der Waals surface area contributed by atoms with E-state index in [2.05, 4.69) is 7.05 Å². The number of quaternary nitrogens is 1. The van der Waals surface area contributed by atoms with Crippen LogP contribution in [0.2, 0.25) is 0 Å². The van der Waals surface area contributed by atoms with Crippen LogP contribution in [0, 0.1) is 7.05 Å². The minimum atomic E-state index is -5.11. The molecule has 1 fully saturated rings. The number of piperidine rings is 1. The molecule has 1 saturated heterocycles. The molecule has 1 aliphatic rings. The molecule has 0 spiro atoms.